The zero-order valence-electron chi connectivity index (χ0n) is 14.7. The van der Waals surface area contributed by atoms with Gasteiger partial charge >= 0.3 is 5.69 Å². The van der Waals surface area contributed by atoms with Crippen LogP contribution in [0, 0.1) is 11.6 Å². The van der Waals surface area contributed by atoms with E-state index in [0.717, 1.165) is 34.5 Å². The maximum absolute atomic E-state index is 13.6. The minimum atomic E-state index is -0.913. The van der Waals surface area contributed by atoms with Crippen molar-refractivity contribution in [3.05, 3.63) is 62.1 Å². The largest absolute Gasteiger partial charge is 0.352 e. The number of benzene rings is 1. The fourth-order valence-corrected chi connectivity index (χ4v) is 3.53. The number of carbonyl (C=O) groups excluding carboxylic acids is 1. The van der Waals surface area contributed by atoms with Gasteiger partial charge in [-0.05, 0) is 36.9 Å². The molecule has 6 nitrogen and oxygen atoms in total. The summed E-state index contributed by atoms with van der Waals surface area (Å²) >= 11 is 1.09. The molecule has 9 heteroatoms. The number of nitrogens with zero attached hydrogens (tertiary/aromatic N) is 2. The van der Waals surface area contributed by atoms with E-state index in [4.69, 9.17) is 0 Å². The van der Waals surface area contributed by atoms with E-state index >= 15 is 0 Å². The molecule has 2 aromatic heterocycles. The number of rotatable bonds is 5. The summed E-state index contributed by atoms with van der Waals surface area (Å²) in [6, 6.07) is 3.94. The number of hydrogen-bond donors (Lipinski definition) is 1. The first kappa shape index (κ1) is 19.0. The van der Waals surface area contributed by atoms with Crippen molar-refractivity contribution in [3.63, 3.8) is 0 Å². The van der Waals surface area contributed by atoms with Gasteiger partial charge in [0, 0.05) is 12.1 Å². The van der Waals surface area contributed by atoms with Crippen LogP contribution in [0.5, 0.6) is 0 Å². The van der Waals surface area contributed by atoms with Crippen LogP contribution in [-0.4, -0.2) is 21.1 Å². The molecule has 1 atom stereocenters. The molecule has 3 rings (SSSR count). The Bertz CT molecular complexity index is 1110. The summed E-state index contributed by atoms with van der Waals surface area (Å²) in [5.41, 5.74) is -1.44. The van der Waals surface area contributed by atoms with Gasteiger partial charge in [-0.2, -0.15) is 0 Å². The van der Waals surface area contributed by atoms with Crippen LogP contribution in [0.1, 0.15) is 20.3 Å². The average Bonchev–Trinajstić information content (AvgIpc) is 3.07. The normalized spacial score (nSPS) is 12.3. The molecule has 2 heterocycles. The Morgan fingerprint density at radius 3 is 2.52 bits per heavy atom. The number of hydrogen-bond acceptors (Lipinski definition) is 4. The zero-order chi connectivity index (χ0) is 19.7. The smallest absolute Gasteiger partial charge is 0.336 e. The molecule has 0 aliphatic rings. The second-order valence-corrected chi connectivity index (χ2v) is 7.06. The lowest BCUT2D eigenvalue weighted by atomic mass is 10.2. The predicted molar refractivity (Wildman–Crippen MR) is 99.5 cm³/mol. The summed E-state index contributed by atoms with van der Waals surface area (Å²) in [5.74, 6) is -2.22. The number of nitrogens with one attached hydrogen (secondary N) is 1. The zero-order valence-corrected chi connectivity index (χ0v) is 15.5. The van der Waals surface area contributed by atoms with Crippen molar-refractivity contribution in [2.45, 2.75) is 32.9 Å². The fourth-order valence-electron chi connectivity index (χ4n) is 2.70. The van der Waals surface area contributed by atoms with Crippen LogP contribution in [0.2, 0.25) is 0 Å². The van der Waals surface area contributed by atoms with Crippen molar-refractivity contribution < 1.29 is 13.6 Å². The van der Waals surface area contributed by atoms with E-state index in [-0.39, 0.29) is 23.0 Å². The van der Waals surface area contributed by atoms with Gasteiger partial charge < -0.3 is 5.32 Å². The van der Waals surface area contributed by atoms with Crippen molar-refractivity contribution in [3.8, 4) is 5.69 Å². The van der Waals surface area contributed by atoms with Crippen molar-refractivity contribution >= 4 is 27.5 Å². The first-order chi connectivity index (χ1) is 12.8. The molecule has 0 unspecified atom stereocenters. The van der Waals surface area contributed by atoms with E-state index in [9.17, 15) is 23.2 Å². The van der Waals surface area contributed by atoms with Crippen LogP contribution in [0.25, 0.3) is 15.9 Å². The van der Waals surface area contributed by atoms with Crippen molar-refractivity contribution in [2.75, 3.05) is 0 Å². The van der Waals surface area contributed by atoms with Crippen LogP contribution in [0.4, 0.5) is 8.78 Å². The quantitative estimate of drug-likeness (QED) is 0.724. The summed E-state index contributed by atoms with van der Waals surface area (Å²) in [5, 5.41) is 4.37. The first-order valence-electron chi connectivity index (χ1n) is 8.30. The van der Waals surface area contributed by atoms with Crippen LogP contribution < -0.4 is 16.6 Å². The van der Waals surface area contributed by atoms with E-state index in [1.807, 2.05) is 13.8 Å². The molecule has 0 aliphatic heterocycles. The summed E-state index contributed by atoms with van der Waals surface area (Å²) < 4.78 is 29.2. The monoisotopic (exact) mass is 393 g/mol. The van der Waals surface area contributed by atoms with Gasteiger partial charge in [0.1, 0.15) is 22.9 Å². The third-order valence-electron chi connectivity index (χ3n) is 4.18. The number of carbonyl (C=O) groups is 1. The van der Waals surface area contributed by atoms with Crippen LogP contribution in [-0.2, 0) is 11.3 Å². The van der Waals surface area contributed by atoms with Gasteiger partial charge in [-0.15, -0.1) is 11.3 Å². The minimum absolute atomic E-state index is 0.0746. The lowest BCUT2D eigenvalue weighted by Gasteiger charge is -2.15. The fraction of sp³-hybridized carbons (Fsp3) is 0.278. The van der Waals surface area contributed by atoms with Gasteiger partial charge in [-0.1, -0.05) is 6.92 Å². The molecule has 0 saturated heterocycles. The molecule has 1 aromatic carbocycles. The lowest BCUT2D eigenvalue weighted by Crippen LogP contribution is -2.42. The van der Waals surface area contributed by atoms with Crippen LogP contribution >= 0.6 is 11.3 Å². The molecule has 1 N–H and O–H groups in total. The molecule has 1 amide bonds. The van der Waals surface area contributed by atoms with Gasteiger partial charge in [-0.3, -0.25) is 14.2 Å². The SMILES string of the molecule is CC[C@H](C)NC(=O)Cn1c(=O)n(-c2cc(F)cc(F)c2)c(=O)c2sccc21. The third kappa shape index (κ3) is 3.68. The number of halogens is 2. The highest BCUT2D eigenvalue weighted by Gasteiger charge is 2.18. The Kier molecular flexibility index (Phi) is 5.22. The Hall–Kier alpha value is -2.81. The lowest BCUT2D eigenvalue weighted by molar-refractivity contribution is -0.122. The van der Waals surface area contributed by atoms with Gasteiger partial charge in [0.05, 0.1) is 11.2 Å². The van der Waals surface area contributed by atoms with E-state index in [0.29, 0.717) is 16.2 Å². The topological polar surface area (TPSA) is 73.1 Å². The summed E-state index contributed by atoms with van der Waals surface area (Å²) in [6.45, 7) is 3.43. The minimum Gasteiger partial charge on any atom is -0.352 e. The molecule has 0 bridgehead atoms. The molecule has 142 valence electrons. The standard InChI is InChI=1S/C18H17F2N3O3S/c1-3-10(2)21-15(24)9-22-14-4-5-27-16(14)17(25)23(18(22)26)13-7-11(19)6-12(20)8-13/h4-8,10H,3,9H2,1-2H3,(H,21,24)/t10-/m0/s1. The maximum atomic E-state index is 13.6. The second kappa shape index (κ2) is 7.43. The number of amides is 1. The van der Waals surface area contributed by atoms with Crippen LogP contribution in [0.15, 0.2) is 39.2 Å². The number of aromatic nitrogens is 2. The van der Waals surface area contributed by atoms with E-state index < -0.39 is 28.8 Å². The highest BCUT2D eigenvalue weighted by Crippen LogP contribution is 2.17. The Morgan fingerprint density at radius 2 is 1.89 bits per heavy atom. The maximum Gasteiger partial charge on any atom is 0.336 e. The summed E-state index contributed by atoms with van der Waals surface area (Å²) in [4.78, 5) is 37.9. The first-order valence-corrected chi connectivity index (χ1v) is 9.18. The highest BCUT2D eigenvalue weighted by atomic mass is 32.1. The van der Waals surface area contributed by atoms with E-state index in [1.54, 1.807) is 11.4 Å². The highest BCUT2D eigenvalue weighted by molar-refractivity contribution is 7.17. The van der Waals surface area contributed by atoms with Gasteiger partial charge in [0.15, 0.2) is 0 Å². The third-order valence-corrected chi connectivity index (χ3v) is 5.07. The molecule has 0 aliphatic carbocycles. The van der Waals surface area contributed by atoms with E-state index in [2.05, 4.69) is 5.32 Å². The van der Waals surface area contributed by atoms with Crippen molar-refractivity contribution in [1.82, 2.24) is 14.5 Å². The van der Waals surface area contributed by atoms with Crippen molar-refractivity contribution in [1.29, 1.82) is 0 Å². The molecule has 0 fully saturated rings. The van der Waals surface area contributed by atoms with Crippen LogP contribution in [0.3, 0.4) is 0 Å². The molecule has 0 radical (unpaired) electrons. The van der Waals surface area contributed by atoms with Crippen molar-refractivity contribution in [2.24, 2.45) is 0 Å². The summed E-state index contributed by atoms with van der Waals surface area (Å²) in [6.07, 6.45) is 0.719. The molecule has 0 saturated carbocycles. The second-order valence-electron chi connectivity index (χ2n) is 6.15. The molecule has 27 heavy (non-hydrogen) atoms. The number of fused-ring (bicyclic) bond motifs is 1. The molecule has 3 aromatic rings. The Morgan fingerprint density at radius 1 is 1.22 bits per heavy atom. The summed E-state index contributed by atoms with van der Waals surface area (Å²) in [7, 11) is 0. The Balaban J connectivity index is 2.20. The molecular weight excluding hydrogens is 376 g/mol. The predicted octanol–water partition coefficient (Wildman–Crippen LogP) is 2.41. The van der Waals surface area contributed by atoms with E-state index in [1.165, 1.54) is 0 Å². The number of thiophene rings is 1. The average molecular weight is 393 g/mol. The van der Waals surface area contributed by atoms with Gasteiger partial charge in [-0.25, -0.2) is 18.1 Å². The molecule has 0 spiro atoms. The molecular formula is C18H17F2N3O3S. The Labute approximate surface area is 156 Å². The van der Waals surface area contributed by atoms with Gasteiger partial charge in [0.25, 0.3) is 5.56 Å². The van der Waals surface area contributed by atoms with Gasteiger partial charge in [0.2, 0.25) is 5.91 Å².